The van der Waals surface area contributed by atoms with Crippen molar-refractivity contribution in [3.05, 3.63) is 0 Å². The molecule has 0 aliphatic carbocycles. The SMILES string of the molecule is C.C.C.CCC(C)(CC)CCCC(C)(CC)CC. The van der Waals surface area contributed by atoms with Gasteiger partial charge in [-0.3, -0.25) is 0 Å². The molecule has 0 heteroatoms. The zero-order chi connectivity index (χ0) is 11.9. The highest BCUT2D eigenvalue weighted by Crippen LogP contribution is 2.36. The molecule has 0 saturated heterocycles. The van der Waals surface area contributed by atoms with Gasteiger partial charge >= 0.3 is 0 Å². The molecule has 0 bridgehead atoms. The van der Waals surface area contributed by atoms with Crippen molar-refractivity contribution in [2.45, 2.75) is 109 Å². The zero-order valence-corrected chi connectivity index (χ0v) is 11.9. The molecule has 0 unspecified atom stereocenters. The maximum Gasteiger partial charge on any atom is -0.0331 e. The van der Waals surface area contributed by atoms with Crippen molar-refractivity contribution in [3.8, 4) is 0 Å². The molecular formula is C18H44. The van der Waals surface area contributed by atoms with Crippen LogP contribution in [0.2, 0.25) is 0 Å². The molecule has 0 aromatic rings. The van der Waals surface area contributed by atoms with Crippen LogP contribution in [0.1, 0.15) is 109 Å². The summed E-state index contributed by atoms with van der Waals surface area (Å²) in [5, 5.41) is 0. The Balaban J connectivity index is -0.000000327. The summed E-state index contributed by atoms with van der Waals surface area (Å²) in [5.41, 5.74) is 1.20. The van der Waals surface area contributed by atoms with Crippen molar-refractivity contribution < 1.29 is 0 Å². The van der Waals surface area contributed by atoms with Crippen LogP contribution in [0.25, 0.3) is 0 Å². The fraction of sp³-hybridized carbons (Fsp3) is 1.00. The van der Waals surface area contributed by atoms with Gasteiger partial charge in [0, 0.05) is 0 Å². The van der Waals surface area contributed by atoms with Crippen LogP contribution >= 0.6 is 0 Å². The van der Waals surface area contributed by atoms with Crippen LogP contribution in [0.5, 0.6) is 0 Å². The van der Waals surface area contributed by atoms with Crippen LogP contribution in [0.15, 0.2) is 0 Å². The van der Waals surface area contributed by atoms with E-state index in [9.17, 15) is 0 Å². The predicted molar refractivity (Wildman–Crippen MR) is 91.4 cm³/mol. The normalized spacial score (nSPS) is 11.0. The minimum atomic E-state index is 0. The van der Waals surface area contributed by atoms with Crippen LogP contribution in [-0.2, 0) is 0 Å². The Labute approximate surface area is 120 Å². The summed E-state index contributed by atoms with van der Waals surface area (Å²) >= 11 is 0. The number of hydrogen-bond acceptors (Lipinski definition) is 0. The van der Waals surface area contributed by atoms with Crippen molar-refractivity contribution in [3.63, 3.8) is 0 Å². The first-order valence-corrected chi connectivity index (χ1v) is 6.95. The van der Waals surface area contributed by atoms with E-state index < -0.39 is 0 Å². The van der Waals surface area contributed by atoms with Crippen LogP contribution < -0.4 is 0 Å². The molecule has 0 heterocycles. The lowest BCUT2D eigenvalue weighted by molar-refractivity contribution is 0.214. The maximum atomic E-state index is 2.45. The van der Waals surface area contributed by atoms with E-state index in [2.05, 4.69) is 41.5 Å². The lowest BCUT2D eigenvalue weighted by Gasteiger charge is -2.31. The second kappa shape index (κ2) is 12.1. The zero-order valence-electron chi connectivity index (χ0n) is 11.9. The van der Waals surface area contributed by atoms with E-state index in [4.69, 9.17) is 0 Å². The van der Waals surface area contributed by atoms with Gasteiger partial charge in [-0.1, -0.05) is 95.9 Å². The molecule has 0 atom stereocenters. The summed E-state index contributed by atoms with van der Waals surface area (Å²) in [5.74, 6) is 0. The quantitative estimate of drug-likeness (QED) is 0.419. The molecular weight excluding hydrogens is 216 g/mol. The van der Waals surface area contributed by atoms with Gasteiger partial charge in [-0.25, -0.2) is 0 Å². The van der Waals surface area contributed by atoms with Crippen molar-refractivity contribution in [1.29, 1.82) is 0 Å². The fourth-order valence-electron chi connectivity index (χ4n) is 2.15. The number of rotatable bonds is 8. The van der Waals surface area contributed by atoms with Gasteiger partial charge < -0.3 is 0 Å². The molecule has 0 aromatic carbocycles. The summed E-state index contributed by atoms with van der Waals surface area (Å²) < 4.78 is 0. The first kappa shape index (κ1) is 26.5. The molecule has 0 rings (SSSR count). The lowest BCUT2D eigenvalue weighted by atomic mass is 9.75. The number of hydrogen-bond donors (Lipinski definition) is 0. The first-order chi connectivity index (χ1) is 6.95. The molecule has 0 nitrogen and oxygen atoms in total. The predicted octanol–water partition coefficient (Wildman–Crippen LogP) is 7.72. The van der Waals surface area contributed by atoms with E-state index in [0.29, 0.717) is 10.8 Å². The Hall–Kier alpha value is 0. The summed E-state index contributed by atoms with van der Waals surface area (Å²) in [7, 11) is 0. The minimum absolute atomic E-state index is 0. The summed E-state index contributed by atoms with van der Waals surface area (Å²) in [6.45, 7) is 14.2. The van der Waals surface area contributed by atoms with Crippen molar-refractivity contribution in [2.24, 2.45) is 10.8 Å². The topological polar surface area (TPSA) is 0 Å². The fourth-order valence-corrected chi connectivity index (χ4v) is 2.15. The highest BCUT2D eigenvalue weighted by Gasteiger charge is 2.23. The smallest absolute Gasteiger partial charge is 0.0331 e. The van der Waals surface area contributed by atoms with Crippen LogP contribution in [0, 0.1) is 10.8 Å². The maximum absolute atomic E-state index is 2.45. The second-order valence-electron chi connectivity index (χ2n) is 5.89. The van der Waals surface area contributed by atoms with Gasteiger partial charge in [-0.15, -0.1) is 0 Å². The average Bonchev–Trinajstić information content (AvgIpc) is 2.28. The molecule has 0 radical (unpaired) electrons. The first-order valence-electron chi connectivity index (χ1n) is 6.95. The van der Waals surface area contributed by atoms with E-state index in [1.165, 1.54) is 44.9 Å². The summed E-state index contributed by atoms with van der Waals surface area (Å²) in [4.78, 5) is 0. The van der Waals surface area contributed by atoms with Crippen LogP contribution in [0.3, 0.4) is 0 Å². The molecule has 0 aliphatic rings. The molecule has 0 aliphatic heterocycles. The molecule has 0 aromatic heterocycles. The molecule has 18 heavy (non-hydrogen) atoms. The molecule has 0 fully saturated rings. The molecule has 116 valence electrons. The van der Waals surface area contributed by atoms with Gasteiger partial charge in [0.05, 0.1) is 0 Å². The standard InChI is InChI=1S/C15H32.3CH4/c1-7-14(5,8-2)12-11-13-15(6,9-3)10-4;;;/h7-13H2,1-6H3;3*1H4. The summed E-state index contributed by atoms with van der Waals surface area (Å²) in [6, 6.07) is 0. The average molecular weight is 261 g/mol. The van der Waals surface area contributed by atoms with E-state index in [1.807, 2.05) is 0 Å². The largest absolute Gasteiger partial charge is 0.0776 e. The van der Waals surface area contributed by atoms with Gasteiger partial charge in [0.2, 0.25) is 0 Å². The third kappa shape index (κ3) is 9.00. The minimum Gasteiger partial charge on any atom is -0.0776 e. The highest BCUT2D eigenvalue weighted by molar-refractivity contribution is 4.75. The van der Waals surface area contributed by atoms with Crippen LogP contribution in [0.4, 0.5) is 0 Å². The summed E-state index contributed by atoms with van der Waals surface area (Å²) in [6.07, 6.45) is 9.56. The Kier molecular flexibility index (Phi) is 17.8. The molecule has 0 amide bonds. The second-order valence-corrected chi connectivity index (χ2v) is 5.89. The van der Waals surface area contributed by atoms with E-state index in [0.717, 1.165) is 0 Å². The van der Waals surface area contributed by atoms with E-state index in [-0.39, 0.29) is 22.3 Å². The Morgan fingerprint density at radius 3 is 0.944 bits per heavy atom. The van der Waals surface area contributed by atoms with Gasteiger partial charge in [-0.2, -0.15) is 0 Å². The van der Waals surface area contributed by atoms with Crippen molar-refractivity contribution in [1.82, 2.24) is 0 Å². The molecule has 0 N–H and O–H groups in total. The van der Waals surface area contributed by atoms with E-state index >= 15 is 0 Å². The Bertz CT molecular complexity index is 131. The Morgan fingerprint density at radius 2 is 0.778 bits per heavy atom. The third-order valence-electron chi connectivity index (χ3n) is 4.97. The third-order valence-corrected chi connectivity index (χ3v) is 4.97. The van der Waals surface area contributed by atoms with Gasteiger partial charge in [0.15, 0.2) is 0 Å². The Morgan fingerprint density at radius 1 is 0.556 bits per heavy atom. The van der Waals surface area contributed by atoms with Gasteiger partial charge in [-0.05, 0) is 23.7 Å². The van der Waals surface area contributed by atoms with Gasteiger partial charge in [0.25, 0.3) is 0 Å². The monoisotopic (exact) mass is 260 g/mol. The lowest BCUT2D eigenvalue weighted by Crippen LogP contribution is -2.17. The molecule has 0 saturated carbocycles. The highest BCUT2D eigenvalue weighted by atomic mass is 14.3. The van der Waals surface area contributed by atoms with Crippen LogP contribution in [-0.4, -0.2) is 0 Å². The van der Waals surface area contributed by atoms with E-state index in [1.54, 1.807) is 0 Å². The van der Waals surface area contributed by atoms with Gasteiger partial charge in [0.1, 0.15) is 0 Å². The molecule has 0 spiro atoms. The van der Waals surface area contributed by atoms with Crippen molar-refractivity contribution >= 4 is 0 Å². The van der Waals surface area contributed by atoms with Crippen molar-refractivity contribution in [2.75, 3.05) is 0 Å².